The van der Waals surface area contributed by atoms with E-state index in [1.165, 1.54) is 6.92 Å². The standard InChI is InChI=1S/C27H29ClN2O6.Na/c1-3-34-25(15-27(32)33)20-5-8-22(9-6-20)36-17-19-4-10-24(28)23(14-19)21-7-11-26(30-16-21)35-13-12-29-18(2)31;/h4-11,14,16,25H,3,12-13,15,17H2,1-2H3,(H,29,31)(H,32,33);/q;+1/p-1/t25-;/m0./s1. The summed E-state index contributed by atoms with van der Waals surface area (Å²) < 4.78 is 16.9. The molecule has 2 aromatic carbocycles. The Labute approximate surface area is 243 Å². The van der Waals surface area contributed by atoms with Crippen LogP contribution in [0.3, 0.4) is 0 Å². The predicted molar refractivity (Wildman–Crippen MR) is 134 cm³/mol. The van der Waals surface area contributed by atoms with E-state index in [1.807, 2.05) is 31.2 Å². The molecule has 3 aromatic rings. The molecule has 0 aliphatic heterocycles. The van der Waals surface area contributed by atoms with Crippen molar-refractivity contribution in [1.29, 1.82) is 0 Å². The second-order valence-electron chi connectivity index (χ2n) is 7.91. The number of carboxylic acids is 1. The molecule has 0 spiro atoms. The molecule has 0 saturated carbocycles. The number of hydrogen-bond acceptors (Lipinski definition) is 7. The number of rotatable bonds is 13. The zero-order valence-corrected chi connectivity index (χ0v) is 23.9. The molecule has 8 nitrogen and oxygen atoms in total. The molecule has 1 heterocycles. The summed E-state index contributed by atoms with van der Waals surface area (Å²) in [6.45, 7) is 4.71. The van der Waals surface area contributed by atoms with Gasteiger partial charge >= 0.3 is 29.6 Å². The average molecular weight is 535 g/mol. The van der Waals surface area contributed by atoms with Crippen LogP contribution in [0, 0.1) is 0 Å². The normalized spacial score (nSPS) is 11.2. The quantitative estimate of drug-likeness (QED) is 0.254. The van der Waals surface area contributed by atoms with E-state index in [-0.39, 0.29) is 41.9 Å². The van der Waals surface area contributed by atoms with Crippen molar-refractivity contribution in [3.05, 3.63) is 76.9 Å². The van der Waals surface area contributed by atoms with Crippen LogP contribution in [0.15, 0.2) is 60.8 Å². The molecule has 0 unspecified atom stereocenters. The van der Waals surface area contributed by atoms with Crippen LogP contribution >= 0.6 is 11.6 Å². The second-order valence-corrected chi connectivity index (χ2v) is 8.32. The van der Waals surface area contributed by atoms with Gasteiger partial charge in [0.15, 0.2) is 0 Å². The Kier molecular flexibility index (Phi) is 12.9. The van der Waals surface area contributed by atoms with E-state index < -0.39 is 12.1 Å². The minimum atomic E-state index is -1.16. The van der Waals surface area contributed by atoms with E-state index in [0.717, 1.165) is 22.3 Å². The average Bonchev–Trinajstić information content (AvgIpc) is 2.86. The summed E-state index contributed by atoms with van der Waals surface area (Å²) in [7, 11) is 0. The summed E-state index contributed by atoms with van der Waals surface area (Å²) >= 11 is 6.43. The van der Waals surface area contributed by atoms with Gasteiger partial charge in [-0.1, -0.05) is 29.8 Å². The van der Waals surface area contributed by atoms with Crippen LogP contribution in [-0.2, 0) is 20.9 Å². The van der Waals surface area contributed by atoms with Crippen molar-refractivity contribution < 1.29 is 58.5 Å². The summed E-state index contributed by atoms with van der Waals surface area (Å²) in [5, 5.41) is 14.2. The van der Waals surface area contributed by atoms with Gasteiger partial charge in [0.1, 0.15) is 19.0 Å². The number of pyridine rings is 1. The van der Waals surface area contributed by atoms with Crippen LogP contribution in [0.5, 0.6) is 11.6 Å². The number of aromatic nitrogens is 1. The molecule has 1 amide bonds. The fourth-order valence-corrected chi connectivity index (χ4v) is 3.69. The minimum absolute atomic E-state index is 0. The molecule has 1 aromatic heterocycles. The fraction of sp³-hybridized carbons (Fsp3) is 0.296. The molecule has 0 saturated heterocycles. The maximum Gasteiger partial charge on any atom is 1.00 e. The van der Waals surface area contributed by atoms with E-state index in [2.05, 4.69) is 10.3 Å². The van der Waals surface area contributed by atoms with Gasteiger partial charge in [0.05, 0.1) is 12.6 Å². The van der Waals surface area contributed by atoms with Gasteiger partial charge in [0.25, 0.3) is 0 Å². The van der Waals surface area contributed by atoms with Crippen molar-refractivity contribution in [3.8, 4) is 22.8 Å². The summed E-state index contributed by atoms with van der Waals surface area (Å²) in [6.07, 6.45) is 0.913. The summed E-state index contributed by atoms with van der Waals surface area (Å²) in [4.78, 5) is 26.2. The maximum atomic E-state index is 11.0. The Morgan fingerprint density at radius 1 is 1.08 bits per heavy atom. The van der Waals surface area contributed by atoms with Gasteiger partial charge < -0.3 is 29.4 Å². The molecule has 10 heteroatoms. The number of aliphatic carboxylic acids is 1. The van der Waals surface area contributed by atoms with Crippen LogP contribution in [0.4, 0.5) is 0 Å². The summed E-state index contributed by atoms with van der Waals surface area (Å²) in [6, 6.07) is 16.4. The Morgan fingerprint density at radius 3 is 2.46 bits per heavy atom. The number of nitrogens with zero attached hydrogens (tertiary/aromatic N) is 1. The molecule has 37 heavy (non-hydrogen) atoms. The largest absolute Gasteiger partial charge is 1.00 e. The third-order valence-electron chi connectivity index (χ3n) is 5.18. The number of carbonyl (C=O) groups is 2. The maximum absolute atomic E-state index is 11.0. The first kappa shape index (κ1) is 30.6. The number of nitrogens with one attached hydrogen (secondary N) is 1. The number of carbonyl (C=O) groups excluding carboxylic acids is 2. The first-order valence-electron chi connectivity index (χ1n) is 11.5. The predicted octanol–water partition coefficient (Wildman–Crippen LogP) is 0.718. The van der Waals surface area contributed by atoms with E-state index >= 15 is 0 Å². The van der Waals surface area contributed by atoms with Crippen molar-refractivity contribution in [2.45, 2.75) is 33.0 Å². The van der Waals surface area contributed by atoms with Crippen molar-refractivity contribution in [2.75, 3.05) is 19.8 Å². The van der Waals surface area contributed by atoms with E-state index in [4.69, 9.17) is 25.8 Å². The van der Waals surface area contributed by atoms with Gasteiger partial charge in [0, 0.05) is 54.3 Å². The fourth-order valence-electron chi connectivity index (χ4n) is 3.46. The van der Waals surface area contributed by atoms with E-state index in [0.29, 0.717) is 43.0 Å². The number of halogens is 1. The van der Waals surface area contributed by atoms with Crippen LogP contribution in [0.2, 0.25) is 5.02 Å². The molecule has 0 fully saturated rings. The number of carboxylic acid groups (broad SMARTS) is 1. The first-order valence-corrected chi connectivity index (χ1v) is 11.9. The number of amides is 1. The third kappa shape index (κ3) is 9.98. The Balaban J connectivity index is 0.00000481. The molecule has 1 N–H and O–H groups in total. The number of benzene rings is 2. The van der Waals surface area contributed by atoms with Gasteiger partial charge in [-0.05, 0) is 48.4 Å². The molecule has 0 aliphatic carbocycles. The topological polar surface area (TPSA) is 110 Å². The van der Waals surface area contributed by atoms with Crippen LogP contribution in [0.1, 0.15) is 37.5 Å². The number of ether oxygens (including phenoxy) is 3. The molecular weight excluding hydrogens is 507 g/mol. The summed E-state index contributed by atoms with van der Waals surface area (Å²) in [5.41, 5.74) is 3.30. The Hall–Kier alpha value is -2.62. The number of hydrogen-bond donors (Lipinski definition) is 1. The molecule has 0 aliphatic rings. The van der Waals surface area contributed by atoms with Crippen molar-refractivity contribution in [2.24, 2.45) is 0 Å². The molecule has 0 bridgehead atoms. The van der Waals surface area contributed by atoms with Gasteiger partial charge in [-0.3, -0.25) is 4.79 Å². The van der Waals surface area contributed by atoms with Crippen molar-refractivity contribution >= 4 is 23.5 Å². The van der Waals surface area contributed by atoms with E-state index in [9.17, 15) is 14.7 Å². The third-order valence-corrected chi connectivity index (χ3v) is 5.51. The molecule has 0 radical (unpaired) electrons. The minimum Gasteiger partial charge on any atom is -0.550 e. The monoisotopic (exact) mass is 534 g/mol. The van der Waals surface area contributed by atoms with Gasteiger partial charge in [-0.15, -0.1) is 0 Å². The van der Waals surface area contributed by atoms with Gasteiger partial charge in [-0.25, -0.2) is 4.98 Å². The van der Waals surface area contributed by atoms with Gasteiger partial charge in [0.2, 0.25) is 11.8 Å². The molecule has 190 valence electrons. The second kappa shape index (κ2) is 15.6. The zero-order chi connectivity index (χ0) is 25.9. The summed E-state index contributed by atoms with van der Waals surface area (Å²) in [5.74, 6) is -0.177. The molecular formula is C27H28ClN2NaO6. The molecule has 3 rings (SSSR count). The van der Waals surface area contributed by atoms with Crippen LogP contribution in [0.25, 0.3) is 11.1 Å². The molecule has 1 atom stereocenters. The SMILES string of the molecule is CCO[C@@H](CC(=O)[O-])c1ccc(OCc2ccc(Cl)c(-c3ccc(OCCNC(C)=O)nc3)c2)cc1.[Na+]. The smallest absolute Gasteiger partial charge is 0.550 e. The Morgan fingerprint density at radius 2 is 1.84 bits per heavy atom. The van der Waals surface area contributed by atoms with Crippen LogP contribution < -0.4 is 49.5 Å². The van der Waals surface area contributed by atoms with E-state index in [1.54, 1.807) is 36.5 Å². The Bertz CT molecular complexity index is 1160. The zero-order valence-electron chi connectivity index (χ0n) is 21.2. The van der Waals surface area contributed by atoms with Gasteiger partial charge in [-0.2, -0.15) is 0 Å². The van der Waals surface area contributed by atoms with Crippen molar-refractivity contribution in [3.63, 3.8) is 0 Å². The van der Waals surface area contributed by atoms with Crippen molar-refractivity contribution in [1.82, 2.24) is 10.3 Å². The van der Waals surface area contributed by atoms with Crippen LogP contribution in [-0.4, -0.2) is 36.6 Å². The first-order chi connectivity index (χ1) is 17.4.